The molecule has 0 N–H and O–H groups in total. The summed E-state index contributed by atoms with van der Waals surface area (Å²) in [6.07, 6.45) is 31.4. The number of hydrogen-bond donors (Lipinski definition) is 0. The standard InChI is InChI=1S/C56H74O4S6/c1-3-5-7-9-11-13-15-17-19-21-23-43-25-27-45(61-43)47-29-31-49(63-47)51-33-35-53(65-51)55(57-39-40-58-55)37-38-56(59-41-42-60-56)54-36-34-52(66-54)50-32-30-48(64-50)46-28-26-44(62-46)24-22-20-18-16-14-12-10-8-6-4-2/h25-36H,3-24,37-42H2,1-2H3. The maximum absolute atomic E-state index is 6.54. The van der Waals surface area contributed by atoms with E-state index in [-0.39, 0.29) is 0 Å². The van der Waals surface area contributed by atoms with Crippen LogP contribution in [0, 0.1) is 0 Å². The van der Waals surface area contributed by atoms with Gasteiger partial charge in [-0.05, 0) is 98.5 Å². The summed E-state index contributed by atoms with van der Waals surface area (Å²) in [5, 5.41) is 0. The van der Waals surface area contributed by atoms with Gasteiger partial charge in [-0.15, -0.1) is 68.0 Å². The molecule has 6 aromatic heterocycles. The highest BCUT2D eigenvalue weighted by Gasteiger charge is 2.47. The zero-order chi connectivity index (χ0) is 45.3. The van der Waals surface area contributed by atoms with E-state index in [4.69, 9.17) is 18.9 Å². The molecule has 0 bridgehead atoms. The molecule has 4 nitrogen and oxygen atoms in total. The Kier molecular flexibility index (Phi) is 20.1. The van der Waals surface area contributed by atoms with Crippen LogP contribution in [0.5, 0.6) is 0 Å². The maximum atomic E-state index is 6.54. The van der Waals surface area contributed by atoms with E-state index in [2.05, 4.69) is 86.6 Å². The number of hydrogen-bond acceptors (Lipinski definition) is 10. The predicted octanol–water partition coefficient (Wildman–Crippen LogP) is 19.5. The molecule has 2 aliphatic rings. The molecule has 10 heteroatoms. The molecule has 2 saturated heterocycles. The molecular formula is C56H74O4S6. The van der Waals surface area contributed by atoms with Gasteiger partial charge in [0.1, 0.15) is 0 Å². The summed E-state index contributed by atoms with van der Waals surface area (Å²) >= 11 is 11.3. The van der Waals surface area contributed by atoms with Crippen molar-refractivity contribution in [1.29, 1.82) is 0 Å². The monoisotopic (exact) mass is 1000 g/mol. The van der Waals surface area contributed by atoms with E-state index in [0.29, 0.717) is 39.3 Å². The van der Waals surface area contributed by atoms with Gasteiger partial charge in [0.15, 0.2) is 0 Å². The first kappa shape index (κ1) is 50.4. The van der Waals surface area contributed by atoms with E-state index in [9.17, 15) is 0 Å². The Hall–Kier alpha value is -1.96. The summed E-state index contributed by atoms with van der Waals surface area (Å²) in [6, 6.07) is 27.5. The van der Waals surface area contributed by atoms with Crippen molar-refractivity contribution in [2.45, 2.75) is 180 Å². The minimum atomic E-state index is -0.807. The highest BCUT2D eigenvalue weighted by Crippen LogP contribution is 2.50. The van der Waals surface area contributed by atoms with Crippen LogP contribution in [0.25, 0.3) is 39.0 Å². The second kappa shape index (κ2) is 26.3. The average Bonchev–Trinajstić information content (AvgIpc) is 4.19. The van der Waals surface area contributed by atoms with Crippen LogP contribution >= 0.6 is 68.0 Å². The van der Waals surface area contributed by atoms with Gasteiger partial charge < -0.3 is 18.9 Å². The zero-order valence-electron chi connectivity index (χ0n) is 39.8. The second-order valence-corrected chi connectivity index (χ2v) is 25.1. The highest BCUT2D eigenvalue weighted by atomic mass is 32.1. The molecule has 0 atom stereocenters. The fraction of sp³-hybridized carbons (Fsp3) is 0.571. The lowest BCUT2D eigenvalue weighted by molar-refractivity contribution is -0.211. The summed E-state index contributed by atoms with van der Waals surface area (Å²) in [6.45, 7) is 6.92. The van der Waals surface area contributed by atoms with Gasteiger partial charge in [0.25, 0.3) is 0 Å². The molecule has 8 heterocycles. The van der Waals surface area contributed by atoms with E-state index < -0.39 is 11.6 Å². The molecule has 6 aromatic rings. The number of aryl methyl sites for hydroxylation is 2. The van der Waals surface area contributed by atoms with Crippen molar-refractivity contribution >= 4 is 68.0 Å². The largest absolute Gasteiger partial charge is 0.343 e. The molecule has 8 rings (SSSR count). The average molecular weight is 1000 g/mol. The van der Waals surface area contributed by atoms with Crippen LogP contribution < -0.4 is 0 Å². The van der Waals surface area contributed by atoms with Crippen molar-refractivity contribution in [3.8, 4) is 39.0 Å². The van der Waals surface area contributed by atoms with Gasteiger partial charge in [0.05, 0.1) is 36.2 Å². The van der Waals surface area contributed by atoms with E-state index in [1.165, 1.54) is 190 Å². The van der Waals surface area contributed by atoms with Gasteiger partial charge in [-0.2, -0.15) is 0 Å². The van der Waals surface area contributed by atoms with E-state index in [1.807, 2.05) is 45.3 Å². The Balaban J connectivity index is 0.825. The minimum absolute atomic E-state index is 0.583. The molecular weight excluding hydrogens is 929 g/mol. The van der Waals surface area contributed by atoms with Crippen LogP contribution in [0.2, 0.25) is 0 Å². The Morgan fingerprint density at radius 1 is 0.318 bits per heavy atom. The smallest absolute Gasteiger partial charge is 0.204 e. The fourth-order valence-electron chi connectivity index (χ4n) is 9.48. The Bertz CT molecular complexity index is 2110. The molecule has 0 spiro atoms. The molecule has 0 amide bonds. The first-order chi connectivity index (χ1) is 32.6. The third kappa shape index (κ3) is 13.9. The summed E-state index contributed by atoms with van der Waals surface area (Å²) in [4.78, 5) is 15.8. The van der Waals surface area contributed by atoms with Gasteiger partial charge in [0.2, 0.25) is 11.6 Å². The molecule has 2 aliphatic heterocycles. The van der Waals surface area contributed by atoms with E-state index in [1.54, 1.807) is 22.7 Å². The molecule has 0 radical (unpaired) electrons. The Labute approximate surface area is 421 Å². The zero-order valence-corrected chi connectivity index (χ0v) is 44.7. The molecule has 0 saturated carbocycles. The summed E-state index contributed by atoms with van der Waals surface area (Å²) < 4.78 is 26.1. The Morgan fingerprint density at radius 2 is 0.591 bits per heavy atom. The van der Waals surface area contributed by atoms with Gasteiger partial charge in [-0.25, -0.2) is 0 Å². The SMILES string of the molecule is CCCCCCCCCCCCc1ccc(-c2ccc(-c3ccc(C4(CCC5(c6ccc(-c7ccc(-c8ccc(CCCCCCCCCCCC)s8)s7)s6)OCCO5)OCCO4)s3)s2)s1. The first-order valence-electron chi connectivity index (χ1n) is 25.7. The van der Waals surface area contributed by atoms with Crippen LogP contribution in [0.4, 0.5) is 0 Å². The van der Waals surface area contributed by atoms with Gasteiger partial charge >= 0.3 is 0 Å². The van der Waals surface area contributed by atoms with Crippen molar-refractivity contribution in [3.63, 3.8) is 0 Å². The van der Waals surface area contributed by atoms with Crippen molar-refractivity contribution in [3.05, 3.63) is 92.3 Å². The lowest BCUT2D eigenvalue weighted by atomic mass is 10.0. The third-order valence-corrected chi connectivity index (χ3v) is 21.0. The second-order valence-electron chi connectivity index (χ2n) is 18.5. The van der Waals surface area contributed by atoms with Crippen LogP contribution in [-0.4, -0.2) is 26.4 Å². The molecule has 0 aromatic carbocycles. The number of ether oxygens (including phenoxy) is 4. The number of unbranched alkanes of at least 4 members (excludes halogenated alkanes) is 18. The predicted molar refractivity (Wildman–Crippen MR) is 289 cm³/mol. The van der Waals surface area contributed by atoms with Crippen molar-refractivity contribution in [2.24, 2.45) is 0 Å². The summed E-state index contributed by atoms with van der Waals surface area (Å²) in [5.41, 5.74) is 0. The minimum Gasteiger partial charge on any atom is -0.343 e. The van der Waals surface area contributed by atoms with E-state index in [0.717, 1.165) is 9.75 Å². The maximum Gasteiger partial charge on any atom is 0.204 e. The Morgan fingerprint density at radius 3 is 0.939 bits per heavy atom. The van der Waals surface area contributed by atoms with E-state index >= 15 is 0 Å². The first-order valence-corrected chi connectivity index (χ1v) is 30.6. The highest BCUT2D eigenvalue weighted by molar-refractivity contribution is 7.27. The van der Waals surface area contributed by atoms with Crippen LogP contribution in [0.15, 0.2) is 72.8 Å². The van der Waals surface area contributed by atoms with Crippen molar-refractivity contribution in [1.82, 2.24) is 0 Å². The van der Waals surface area contributed by atoms with Crippen LogP contribution in [-0.2, 0) is 43.4 Å². The fourth-order valence-corrected chi connectivity index (χ4v) is 16.2. The third-order valence-electron chi connectivity index (χ3n) is 13.3. The number of thiophene rings is 6. The summed E-state index contributed by atoms with van der Waals surface area (Å²) in [7, 11) is 0. The topological polar surface area (TPSA) is 36.9 Å². The van der Waals surface area contributed by atoms with Crippen molar-refractivity contribution in [2.75, 3.05) is 26.4 Å². The quantitative estimate of drug-likeness (QED) is 0.0407. The molecule has 0 unspecified atom stereocenters. The lowest BCUT2D eigenvalue weighted by Crippen LogP contribution is -2.33. The summed E-state index contributed by atoms with van der Waals surface area (Å²) in [5.74, 6) is -1.61. The van der Waals surface area contributed by atoms with Gasteiger partial charge in [0, 0.05) is 61.6 Å². The molecule has 2 fully saturated rings. The lowest BCUT2D eigenvalue weighted by Gasteiger charge is -2.32. The number of rotatable bonds is 31. The molecule has 358 valence electrons. The molecule has 66 heavy (non-hydrogen) atoms. The molecule has 0 aliphatic carbocycles. The van der Waals surface area contributed by atoms with Crippen molar-refractivity contribution < 1.29 is 18.9 Å². The van der Waals surface area contributed by atoms with Gasteiger partial charge in [-0.3, -0.25) is 0 Å². The van der Waals surface area contributed by atoms with Gasteiger partial charge in [-0.1, -0.05) is 129 Å². The van der Waals surface area contributed by atoms with Crippen LogP contribution in [0.3, 0.4) is 0 Å². The normalized spacial score (nSPS) is 15.7. The van der Waals surface area contributed by atoms with Crippen LogP contribution in [0.1, 0.15) is 175 Å².